The van der Waals surface area contributed by atoms with Gasteiger partial charge in [0.05, 0.1) is 0 Å². The molecular weight excluding hydrogens is 400 g/mol. The predicted octanol–water partition coefficient (Wildman–Crippen LogP) is 4.39. The molecule has 1 unspecified atom stereocenters. The quantitative estimate of drug-likeness (QED) is 0.661. The van der Waals surface area contributed by atoms with Gasteiger partial charge in [-0.05, 0) is 55.5 Å². The lowest BCUT2D eigenvalue weighted by atomic mass is 9.92. The van der Waals surface area contributed by atoms with E-state index in [2.05, 4.69) is 29.6 Å². The number of carbonyl (C=O) groups is 2. The Morgan fingerprint density at radius 3 is 2.38 bits per heavy atom. The standard InChI is InChI=1S/C27H32N2O3/c30-26(28-18-15-21-7-3-1-4-8-21)22-11-13-24(14-12-22)32-25-16-19-29(20-17-25)27(31)23-9-5-2-6-10-23/h1-5,7-8,11-14,23,25H,6,9-10,15-20H2,(H,28,30). The average Bonchev–Trinajstić information content (AvgIpc) is 2.86. The molecule has 1 saturated heterocycles. The van der Waals surface area contributed by atoms with E-state index in [0.29, 0.717) is 18.0 Å². The molecule has 2 aromatic carbocycles. The number of carbonyl (C=O) groups excluding carboxylic acids is 2. The zero-order chi connectivity index (χ0) is 22.2. The van der Waals surface area contributed by atoms with Crippen LogP contribution in [-0.4, -0.2) is 42.5 Å². The summed E-state index contributed by atoms with van der Waals surface area (Å²) < 4.78 is 6.12. The summed E-state index contributed by atoms with van der Waals surface area (Å²) in [5.74, 6) is 1.16. The lowest BCUT2D eigenvalue weighted by Crippen LogP contribution is -2.44. The Labute approximate surface area is 190 Å². The van der Waals surface area contributed by atoms with Gasteiger partial charge in [0.2, 0.25) is 5.91 Å². The van der Waals surface area contributed by atoms with Crippen LogP contribution in [0.4, 0.5) is 0 Å². The predicted molar refractivity (Wildman–Crippen MR) is 126 cm³/mol. The zero-order valence-electron chi connectivity index (χ0n) is 18.5. The van der Waals surface area contributed by atoms with Crippen molar-refractivity contribution in [2.24, 2.45) is 5.92 Å². The molecule has 168 valence electrons. The first kappa shape index (κ1) is 22.1. The molecule has 0 spiro atoms. The number of allylic oxidation sites excluding steroid dienone is 2. The van der Waals surface area contributed by atoms with Gasteiger partial charge in [0, 0.05) is 44.0 Å². The van der Waals surface area contributed by atoms with Gasteiger partial charge in [-0.15, -0.1) is 0 Å². The van der Waals surface area contributed by atoms with Crippen molar-refractivity contribution in [3.05, 3.63) is 77.9 Å². The second kappa shape index (κ2) is 11.0. The average molecular weight is 433 g/mol. The van der Waals surface area contributed by atoms with Crippen LogP contribution in [0.25, 0.3) is 0 Å². The van der Waals surface area contributed by atoms with Crippen molar-refractivity contribution in [3.8, 4) is 5.75 Å². The van der Waals surface area contributed by atoms with Crippen LogP contribution < -0.4 is 10.1 Å². The van der Waals surface area contributed by atoms with E-state index >= 15 is 0 Å². The van der Waals surface area contributed by atoms with Crippen LogP contribution in [0.2, 0.25) is 0 Å². The number of nitrogens with one attached hydrogen (secondary N) is 1. The lowest BCUT2D eigenvalue weighted by Gasteiger charge is -2.34. The molecule has 0 radical (unpaired) electrons. The van der Waals surface area contributed by atoms with Crippen LogP contribution in [-0.2, 0) is 11.2 Å². The zero-order valence-corrected chi connectivity index (χ0v) is 18.5. The molecule has 0 saturated carbocycles. The van der Waals surface area contributed by atoms with Crippen molar-refractivity contribution in [2.75, 3.05) is 19.6 Å². The van der Waals surface area contributed by atoms with Gasteiger partial charge in [0.1, 0.15) is 11.9 Å². The van der Waals surface area contributed by atoms with Crippen LogP contribution in [0.1, 0.15) is 48.0 Å². The molecule has 1 heterocycles. The van der Waals surface area contributed by atoms with E-state index in [4.69, 9.17) is 4.74 Å². The Kier molecular flexibility index (Phi) is 7.59. The lowest BCUT2D eigenvalue weighted by molar-refractivity contribution is -0.137. The second-order valence-corrected chi connectivity index (χ2v) is 8.64. The van der Waals surface area contributed by atoms with E-state index in [-0.39, 0.29) is 17.9 Å². The highest BCUT2D eigenvalue weighted by atomic mass is 16.5. The maximum atomic E-state index is 12.7. The number of ether oxygens (including phenoxy) is 1. The summed E-state index contributed by atoms with van der Waals surface area (Å²) in [7, 11) is 0. The highest BCUT2D eigenvalue weighted by molar-refractivity contribution is 5.94. The Hall–Kier alpha value is -3.08. The number of nitrogens with zero attached hydrogens (tertiary/aromatic N) is 1. The minimum atomic E-state index is -0.0724. The van der Waals surface area contributed by atoms with Crippen molar-refractivity contribution in [1.29, 1.82) is 0 Å². The third-order valence-electron chi connectivity index (χ3n) is 6.33. The molecular formula is C27H32N2O3. The Morgan fingerprint density at radius 1 is 0.938 bits per heavy atom. The van der Waals surface area contributed by atoms with E-state index in [0.717, 1.165) is 57.4 Å². The first-order chi connectivity index (χ1) is 15.7. The molecule has 1 fully saturated rings. The first-order valence-corrected chi connectivity index (χ1v) is 11.7. The van der Waals surface area contributed by atoms with Gasteiger partial charge in [-0.2, -0.15) is 0 Å². The summed E-state index contributed by atoms with van der Waals surface area (Å²) >= 11 is 0. The van der Waals surface area contributed by atoms with Crippen molar-refractivity contribution in [1.82, 2.24) is 10.2 Å². The molecule has 32 heavy (non-hydrogen) atoms. The number of benzene rings is 2. The molecule has 2 amide bonds. The van der Waals surface area contributed by atoms with Gasteiger partial charge in [-0.25, -0.2) is 0 Å². The largest absolute Gasteiger partial charge is 0.490 e. The number of amides is 2. The molecule has 1 aliphatic carbocycles. The molecule has 2 aromatic rings. The van der Waals surface area contributed by atoms with E-state index in [9.17, 15) is 9.59 Å². The van der Waals surface area contributed by atoms with Gasteiger partial charge in [-0.3, -0.25) is 9.59 Å². The Balaban J connectivity index is 1.20. The topological polar surface area (TPSA) is 58.6 Å². The first-order valence-electron chi connectivity index (χ1n) is 11.7. The van der Waals surface area contributed by atoms with E-state index < -0.39 is 0 Å². The number of hydrogen-bond acceptors (Lipinski definition) is 3. The fraction of sp³-hybridized carbons (Fsp3) is 0.407. The molecule has 1 aliphatic heterocycles. The molecule has 0 bridgehead atoms. The fourth-order valence-electron chi connectivity index (χ4n) is 4.41. The summed E-state index contributed by atoms with van der Waals surface area (Å²) in [6.45, 7) is 2.12. The van der Waals surface area contributed by atoms with Crippen molar-refractivity contribution < 1.29 is 14.3 Å². The van der Waals surface area contributed by atoms with Crippen LogP contribution in [0, 0.1) is 5.92 Å². The number of likely N-dealkylation sites (tertiary alicyclic amines) is 1. The number of rotatable bonds is 7. The fourth-order valence-corrected chi connectivity index (χ4v) is 4.41. The molecule has 5 nitrogen and oxygen atoms in total. The van der Waals surface area contributed by atoms with Crippen molar-refractivity contribution in [2.45, 2.75) is 44.6 Å². The smallest absolute Gasteiger partial charge is 0.251 e. The molecule has 2 aliphatic rings. The summed E-state index contributed by atoms with van der Waals surface area (Å²) in [4.78, 5) is 27.1. The van der Waals surface area contributed by atoms with Gasteiger partial charge in [0.25, 0.3) is 5.91 Å². The molecule has 5 heteroatoms. The Bertz CT molecular complexity index is 916. The van der Waals surface area contributed by atoms with Gasteiger partial charge >= 0.3 is 0 Å². The summed E-state index contributed by atoms with van der Waals surface area (Å²) in [6.07, 6.45) is 9.77. The minimum Gasteiger partial charge on any atom is -0.490 e. The van der Waals surface area contributed by atoms with Gasteiger partial charge in [-0.1, -0.05) is 42.5 Å². The monoisotopic (exact) mass is 432 g/mol. The minimum absolute atomic E-state index is 0.0724. The maximum absolute atomic E-state index is 12.7. The highest BCUT2D eigenvalue weighted by Crippen LogP contribution is 2.24. The SMILES string of the molecule is O=C(NCCc1ccccc1)c1ccc(OC2CCN(C(=O)C3CC=CCC3)CC2)cc1. The third kappa shape index (κ3) is 6.00. The molecule has 0 aromatic heterocycles. The molecule has 1 N–H and O–H groups in total. The number of hydrogen-bond donors (Lipinski definition) is 1. The van der Waals surface area contributed by atoms with Crippen molar-refractivity contribution >= 4 is 11.8 Å². The van der Waals surface area contributed by atoms with Gasteiger partial charge < -0.3 is 15.0 Å². The van der Waals surface area contributed by atoms with E-state index in [1.54, 1.807) is 0 Å². The van der Waals surface area contributed by atoms with Crippen LogP contribution in [0.3, 0.4) is 0 Å². The van der Waals surface area contributed by atoms with Crippen LogP contribution >= 0.6 is 0 Å². The van der Waals surface area contributed by atoms with Crippen LogP contribution in [0.15, 0.2) is 66.7 Å². The summed E-state index contributed by atoms with van der Waals surface area (Å²) in [5, 5.41) is 2.97. The summed E-state index contributed by atoms with van der Waals surface area (Å²) in [6, 6.07) is 17.5. The van der Waals surface area contributed by atoms with E-state index in [1.165, 1.54) is 5.56 Å². The second-order valence-electron chi connectivity index (χ2n) is 8.64. The maximum Gasteiger partial charge on any atom is 0.251 e. The highest BCUT2D eigenvalue weighted by Gasteiger charge is 2.28. The summed E-state index contributed by atoms with van der Waals surface area (Å²) in [5.41, 5.74) is 1.84. The van der Waals surface area contributed by atoms with Crippen LogP contribution in [0.5, 0.6) is 5.75 Å². The number of piperidine rings is 1. The van der Waals surface area contributed by atoms with E-state index in [1.807, 2.05) is 47.4 Å². The van der Waals surface area contributed by atoms with Crippen molar-refractivity contribution in [3.63, 3.8) is 0 Å². The molecule has 4 rings (SSSR count). The Morgan fingerprint density at radius 2 is 1.69 bits per heavy atom. The van der Waals surface area contributed by atoms with Gasteiger partial charge in [0.15, 0.2) is 0 Å². The molecule has 1 atom stereocenters. The normalized spacial score (nSPS) is 18.9. The third-order valence-corrected chi connectivity index (χ3v) is 6.33.